The van der Waals surface area contributed by atoms with E-state index in [0.717, 1.165) is 18.1 Å². The average molecular weight is 198 g/mol. The molecule has 11 heavy (non-hydrogen) atoms. The van der Waals surface area contributed by atoms with E-state index < -0.39 is 5.97 Å². The SMILES string of the molecule is Cl.O=C(O)CCC1CSCN1. The highest BCUT2D eigenvalue weighted by molar-refractivity contribution is 7.99. The van der Waals surface area contributed by atoms with Crippen molar-refractivity contribution in [1.82, 2.24) is 5.32 Å². The topological polar surface area (TPSA) is 49.3 Å². The summed E-state index contributed by atoms with van der Waals surface area (Å²) in [5.74, 6) is 1.34. The average Bonchev–Trinajstić information content (AvgIpc) is 2.34. The quantitative estimate of drug-likeness (QED) is 0.707. The number of aliphatic carboxylic acids is 1. The number of carboxylic acids is 1. The van der Waals surface area contributed by atoms with Crippen molar-refractivity contribution in [2.24, 2.45) is 0 Å². The molecule has 1 heterocycles. The van der Waals surface area contributed by atoms with E-state index in [1.165, 1.54) is 0 Å². The van der Waals surface area contributed by atoms with Crippen molar-refractivity contribution < 1.29 is 9.90 Å². The van der Waals surface area contributed by atoms with Gasteiger partial charge in [0.1, 0.15) is 0 Å². The summed E-state index contributed by atoms with van der Waals surface area (Å²) in [4.78, 5) is 10.1. The normalized spacial score (nSPS) is 22.7. The van der Waals surface area contributed by atoms with E-state index in [-0.39, 0.29) is 18.8 Å². The molecule has 0 aliphatic carbocycles. The second kappa shape index (κ2) is 5.69. The monoisotopic (exact) mass is 197 g/mol. The van der Waals surface area contributed by atoms with Gasteiger partial charge in [0.05, 0.1) is 0 Å². The van der Waals surface area contributed by atoms with Crippen LogP contribution in [0.4, 0.5) is 0 Å². The van der Waals surface area contributed by atoms with Crippen molar-refractivity contribution in [3.8, 4) is 0 Å². The summed E-state index contributed by atoms with van der Waals surface area (Å²) in [6, 6.07) is 0.432. The van der Waals surface area contributed by atoms with Crippen LogP contribution in [0.2, 0.25) is 0 Å². The van der Waals surface area contributed by atoms with Crippen LogP contribution in [0.1, 0.15) is 12.8 Å². The van der Waals surface area contributed by atoms with Crippen LogP contribution >= 0.6 is 24.2 Å². The minimum atomic E-state index is -0.696. The fourth-order valence-electron chi connectivity index (χ4n) is 0.920. The van der Waals surface area contributed by atoms with Gasteiger partial charge in [0.2, 0.25) is 0 Å². The molecule has 1 aliphatic heterocycles. The standard InChI is InChI=1S/C6H11NO2S.ClH/c8-6(9)2-1-5-3-10-4-7-5;/h5,7H,1-4H2,(H,8,9);1H. The van der Waals surface area contributed by atoms with Gasteiger partial charge in [-0.15, -0.1) is 24.2 Å². The second-order valence-corrected chi connectivity index (χ2v) is 3.38. The molecule has 0 bridgehead atoms. The van der Waals surface area contributed by atoms with Gasteiger partial charge in [-0.25, -0.2) is 0 Å². The number of thioether (sulfide) groups is 1. The van der Waals surface area contributed by atoms with Crippen molar-refractivity contribution in [2.75, 3.05) is 11.6 Å². The third kappa shape index (κ3) is 4.50. The Hall–Kier alpha value is 0.0700. The molecule has 66 valence electrons. The number of carboxylic acid groups (broad SMARTS) is 1. The Morgan fingerprint density at radius 1 is 1.73 bits per heavy atom. The number of rotatable bonds is 3. The third-order valence-corrected chi connectivity index (χ3v) is 2.51. The molecule has 1 fully saturated rings. The Bertz CT molecular complexity index is 128. The van der Waals surface area contributed by atoms with E-state index in [2.05, 4.69) is 5.32 Å². The molecule has 5 heteroatoms. The zero-order valence-electron chi connectivity index (χ0n) is 6.08. The highest BCUT2D eigenvalue weighted by Gasteiger charge is 2.14. The molecule has 0 spiro atoms. The third-order valence-electron chi connectivity index (χ3n) is 1.50. The van der Waals surface area contributed by atoms with Crippen molar-refractivity contribution in [3.63, 3.8) is 0 Å². The lowest BCUT2D eigenvalue weighted by Gasteiger charge is -2.04. The highest BCUT2D eigenvalue weighted by Crippen LogP contribution is 2.13. The van der Waals surface area contributed by atoms with E-state index in [0.29, 0.717) is 6.04 Å². The van der Waals surface area contributed by atoms with Gasteiger partial charge in [0, 0.05) is 24.1 Å². The van der Waals surface area contributed by atoms with E-state index in [1.807, 2.05) is 11.8 Å². The Labute approximate surface area is 76.3 Å². The zero-order valence-corrected chi connectivity index (χ0v) is 7.71. The van der Waals surface area contributed by atoms with Crippen molar-refractivity contribution in [1.29, 1.82) is 0 Å². The van der Waals surface area contributed by atoms with Crippen molar-refractivity contribution in [2.45, 2.75) is 18.9 Å². The zero-order chi connectivity index (χ0) is 7.40. The Morgan fingerprint density at radius 2 is 2.45 bits per heavy atom. The lowest BCUT2D eigenvalue weighted by molar-refractivity contribution is -0.137. The van der Waals surface area contributed by atoms with Gasteiger partial charge in [-0.1, -0.05) is 0 Å². The molecular formula is C6H12ClNO2S. The first-order chi connectivity index (χ1) is 4.79. The summed E-state index contributed by atoms with van der Waals surface area (Å²) in [7, 11) is 0. The molecule has 1 unspecified atom stereocenters. The molecule has 1 saturated heterocycles. The number of nitrogens with one attached hydrogen (secondary N) is 1. The fraction of sp³-hybridized carbons (Fsp3) is 0.833. The van der Waals surface area contributed by atoms with Gasteiger partial charge in [-0.05, 0) is 6.42 Å². The number of halogens is 1. The number of hydrogen-bond acceptors (Lipinski definition) is 3. The molecule has 0 aromatic rings. The van der Waals surface area contributed by atoms with E-state index in [9.17, 15) is 4.79 Å². The lowest BCUT2D eigenvalue weighted by Crippen LogP contribution is -2.24. The van der Waals surface area contributed by atoms with Crippen molar-refractivity contribution >= 4 is 30.1 Å². The first kappa shape index (κ1) is 11.1. The van der Waals surface area contributed by atoms with E-state index in [1.54, 1.807) is 0 Å². The van der Waals surface area contributed by atoms with Gasteiger partial charge in [-0.3, -0.25) is 4.79 Å². The maximum Gasteiger partial charge on any atom is 0.303 e. The summed E-state index contributed by atoms with van der Waals surface area (Å²) in [6.45, 7) is 0. The number of hydrogen-bond donors (Lipinski definition) is 2. The molecule has 1 aliphatic rings. The van der Waals surface area contributed by atoms with Crippen molar-refractivity contribution in [3.05, 3.63) is 0 Å². The summed E-state index contributed by atoms with van der Waals surface area (Å²) >= 11 is 1.83. The van der Waals surface area contributed by atoms with Crippen LogP contribution in [0.3, 0.4) is 0 Å². The molecule has 1 rings (SSSR count). The summed E-state index contributed by atoms with van der Waals surface area (Å²) in [5.41, 5.74) is 0. The van der Waals surface area contributed by atoms with Crippen LogP contribution in [0.15, 0.2) is 0 Å². The van der Waals surface area contributed by atoms with Crippen LogP contribution in [0, 0.1) is 0 Å². The minimum Gasteiger partial charge on any atom is -0.481 e. The predicted molar refractivity (Wildman–Crippen MR) is 48.4 cm³/mol. The second-order valence-electron chi connectivity index (χ2n) is 2.35. The molecule has 3 nitrogen and oxygen atoms in total. The van der Waals surface area contributed by atoms with Gasteiger partial charge in [-0.2, -0.15) is 0 Å². The lowest BCUT2D eigenvalue weighted by atomic mass is 10.2. The molecule has 0 amide bonds. The maximum absolute atomic E-state index is 10.1. The van der Waals surface area contributed by atoms with Gasteiger partial charge in [0.25, 0.3) is 0 Å². The first-order valence-electron chi connectivity index (χ1n) is 3.32. The maximum atomic E-state index is 10.1. The van der Waals surface area contributed by atoms with Crippen LogP contribution < -0.4 is 5.32 Å². The summed E-state index contributed by atoms with van der Waals surface area (Å²) < 4.78 is 0. The molecule has 0 aromatic carbocycles. The largest absolute Gasteiger partial charge is 0.481 e. The molecule has 0 saturated carbocycles. The highest BCUT2D eigenvalue weighted by atomic mass is 35.5. The molecular weight excluding hydrogens is 186 g/mol. The van der Waals surface area contributed by atoms with E-state index >= 15 is 0 Å². The summed E-state index contributed by atoms with van der Waals surface area (Å²) in [6.07, 6.45) is 1.06. The molecule has 1 atom stereocenters. The van der Waals surface area contributed by atoms with E-state index in [4.69, 9.17) is 5.11 Å². The van der Waals surface area contributed by atoms with Crippen LogP contribution in [0.25, 0.3) is 0 Å². The van der Waals surface area contributed by atoms with Gasteiger partial charge >= 0.3 is 5.97 Å². The first-order valence-corrected chi connectivity index (χ1v) is 4.47. The smallest absolute Gasteiger partial charge is 0.303 e. The predicted octanol–water partition coefficient (Wildman–Crippen LogP) is 0.935. The van der Waals surface area contributed by atoms with Crippen LogP contribution in [0.5, 0.6) is 0 Å². The summed E-state index contributed by atoms with van der Waals surface area (Å²) in [5, 5.41) is 11.6. The number of carbonyl (C=O) groups is 1. The molecule has 0 radical (unpaired) electrons. The minimum absolute atomic E-state index is 0. The molecule has 2 N–H and O–H groups in total. The Balaban J connectivity index is 0.000001000. The van der Waals surface area contributed by atoms with Crippen LogP contribution in [-0.2, 0) is 4.79 Å². The van der Waals surface area contributed by atoms with Crippen LogP contribution in [-0.4, -0.2) is 28.7 Å². The Morgan fingerprint density at radius 3 is 2.91 bits per heavy atom. The molecule has 0 aromatic heterocycles. The fourth-order valence-corrected chi connectivity index (χ4v) is 1.96. The van der Waals surface area contributed by atoms with Gasteiger partial charge in [0.15, 0.2) is 0 Å². The van der Waals surface area contributed by atoms with Gasteiger partial charge < -0.3 is 10.4 Å². The Kier molecular flexibility index (Phi) is 5.72.